The van der Waals surface area contributed by atoms with Crippen LogP contribution in [-0.2, 0) is 10.2 Å². The third kappa shape index (κ3) is 3.39. The summed E-state index contributed by atoms with van der Waals surface area (Å²) >= 11 is 5.95. The normalized spacial score (nSPS) is 26.6. The van der Waals surface area contributed by atoms with Crippen LogP contribution in [0.15, 0.2) is 24.3 Å². The van der Waals surface area contributed by atoms with E-state index in [1.54, 1.807) is 0 Å². The van der Waals surface area contributed by atoms with E-state index in [4.69, 9.17) is 16.3 Å². The molecule has 2 atom stereocenters. The van der Waals surface area contributed by atoms with E-state index in [2.05, 4.69) is 17.4 Å². The average molecular weight is 323 g/mol. The summed E-state index contributed by atoms with van der Waals surface area (Å²) in [7, 11) is 0. The van der Waals surface area contributed by atoms with Crippen LogP contribution in [0.25, 0.3) is 0 Å². The molecule has 2 amide bonds. The first-order valence-electron chi connectivity index (χ1n) is 7.93. The van der Waals surface area contributed by atoms with Crippen LogP contribution in [0.2, 0.25) is 5.02 Å². The highest BCUT2D eigenvalue weighted by Crippen LogP contribution is 2.47. The molecular formula is C17H23ClN2O2. The fourth-order valence-electron chi connectivity index (χ4n) is 3.22. The molecule has 1 aliphatic heterocycles. The molecule has 1 saturated carbocycles. The molecule has 120 valence electrons. The highest BCUT2D eigenvalue weighted by atomic mass is 35.5. The minimum Gasteiger partial charge on any atom is -0.372 e. The van der Waals surface area contributed by atoms with Crippen LogP contribution >= 0.6 is 11.6 Å². The lowest BCUT2D eigenvalue weighted by Crippen LogP contribution is -2.52. The van der Waals surface area contributed by atoms with Crippen LogP contribution in [0.1, 0.15) is 32.3 Å². The zero-order valence-corrected chi connectivity index (χ0v) is 13.9. The maximum Gasteiger partial charge on any atom is 0.317 e. The van der Waals surface area contributed by atoms with Gasteiger partial charge in [-0.15, -0.1) is 0 Å². The zero-order chi connectivity index (χ0) is 15.7. The van der Waals surface area contributed by atoms with Crippen molar-refractivity contribution in [1.29, 1.82) is 0 Å². The van der Waals surface area contributed by atoms with Gasteiger partial charge >= 0.3 is 6.03 Å². The Bertz CT molecular complexity index is 532. The molecule has 3 rings (SSSR count). The summed E-state index contributed by atoms with van der Waals surface area (Å²) in [4.78, 5) is 14.2. The maximum atomic E-state index is 12.4. The molecule has 2 unspecified atom stereocenters. The average Bonchev–Trinajstić information content (AvgIpc) is 3.25. The van der Waals surface area contributed by atoms with Crippen molar-refractivity contribution in [3.63, 3.8) is 0 Å². The van der Waals surface area contributed by atoms with Crippen molar-refractivity contribution in [3.05, 3.63) is 34.9 Å². The zero-order valence-electron chi connectivity index (χ0n) is 13.1. The topological polar surface area (TPSA) is 41.6 Å². The Hall–Kier alpha value is -1.26. The summed E-state index contributed by atoms with van der Waals surface area (Å²) < 4.78 is 5.67. The lowest BCUT2D eigenvalue weighted by molar-refractivity contribution is -0.0545. The van der Waals surface area contributed by atoms with Crippen molar-refractivity contribution in [1.82, 2.24) is 10.2 Å². The van der Waals surface area contributed by atoms with Gasteiger partial charge in [0.2, 0.25) is 0 Å². The van der Waals surface area contributed by atoms with Gasteiger partial charge in [0.15, 0.2) is 0 Å². The van der Waals surface area contributed by atoms with E-state index < -0.39 is 0 Å². The van der Waals surface area contributed by atoms with Crippen molar-refractivity contribution >= 4 is 17.6 Å². The van der Waals surface area contributed by atoms with Crippen LogP contribution in [-0.4, -0.2) is 42.8 Å². The van der Waals surface area contributed by atoms with Gasteiger partial charge in [-0.1, -0.05) is 23.7 Å². The van der Waals surface area contributed by atoms with Gasteiger partial charge in [0.05, 0.1) is 12.2 Å². The number of rotatable bonds is 3. The largest absolute Gasteiger partial charge is 0.372 e. The molecule has 1 aromatic carbocycles. The molecule has 1 aromatic rings. The van der Waals surface area contributed by atoms with Gasteiger partial charge in [-0.25, -0.2) is 4.79 Å². The fraction of sp³-hybridized carbons (Fsp3) is 0.588. The van der Waals surface area contributed by atoms with Gasteiger partial charge in [0, 0.05) is 30.1 Å². The summed E-state index contributed by atoms with van der Waals surface area (Å²) in [5, 5.41) is 3.86. The van der Waals surface area contributed by atoms with Crippen LogP contribution in [0.3, 0.4) is 0 Å². The number of hydrogen-bond acceptors (Lipinski definition) is 2. The van der Waals surface area contributed by atoms with Gasteiger partial charge in [0.25, 0.3) is 0 Å². The standard InChI is InChI=1S/C17H23ClN2O2/c1-12-9-20(10-13(2)22-12)16(21)19-11-17(7-8-17)14-3-5-15(18)6-4-14/h3-6,12-13H,7-11H2,1-2H3,(H,19,21). The van der Waals surface area contributed by atoms with E-state index in [0.717, 1.165) is 17.9 Å². The van der Waals surface area contributed by atoms with Crippen molar-refractivity contribution in [2.45, 2.75) is 44.3 Å². The van der Waals surface area contributed by atoms with E-state index in [1.807, 2.05) is 30.9 Å². The Morgan fingerprint density at radius 2 is 1.86 bits per heavy atom. The number of amides is 2. The lowest BCUT2D eigenvalue weighted by atomic mass is 9.96. The Kier molecular flexibility index (Phi) is 4.33. The molecule has 1 aliphatic carbocycles. The molecule has 5 heteroatoms. The second-order valence-corrected chi connectivity index (χ2v) is 7.04. The number of carbonyl (C=O) groups excluding carboxylic acids is 1. The van der Waals surface area contributed by atoms with Crippen molar-refractivity contribution in [2.75, 3.05) is 19.6 Å². The third-order valence-electron chi connectivity index (χ3n) is 4.59. The molecule has 2 fully saturated rings. The fourth-order valence-corrected chi connectivity index (χ4v) is 3.35. The Balaban J connectivity index is 1.58. The second-order valence-electron chi connectivity index (χ2n) is 6.61. The molecule has 0 bridgehead atoms. The summed E-state index contributed by atoms with van der Waals surface area (Å²) in [5.74, 6) is 0. The van der Waals surface area contributed by atoms with Gasteiger partial charge in [-0.05, 0) is 44.4 Å². The van der Waals surface area contributed by atoms with Crippen molar-refractivity contribution < 1.29 is 9.53 Å². The molecular weight excluding hydrogens is 300 g/mol. The quantitative estimate of drug-likeness (QED) is 0.928. The summed E-state index contributed by atoms with van der Waals surface area (Å²) in [6, 6.07) is 8.00. The number of nitrogens with one attached hydrogen (secondary N) is 1. The number of urea groups is 1. The molecule has 2 aliphatic rings. The molecule has 1 saturated heterocycles. The maximum absolute atomic E-state index is 12.4. The van der Waals surface area contributed by atoms with Gasteiger partial charge in [-0.3, -0.25) is 0 Å². The molecule has 1 heterocycles. The first-order valence-corrected chi connectivity index (χ1v) is 8.31. The number of morpholine rings is 1. The smallest absolute Gasteiger partial charge is 0.317 e. The number of carbonyl (C=O) groups is 1. The van der Waals surface area contributed by atoms with Crippen LogP contribution in [0.5, 0.6) is 0 Å². The Morgan fingerprint density at radius 3 is 2.41 bits per heavy atom. The number of ether oxygens (including phenoxy) is 1. The SMILES string of the molecule is CC1CN(C(=O)NCC2(c3ccc(Cl)cc3)CC2)CC(C)O1. The van der Waals surface area contributed by atoms with Crippen molar-refractivity contribution in [2.24, 2.45) is 0 Å². The van der Waals surface area contributed by atoms with Gasteiger partial charge in [-0.2, -0.15) is 0 Å². The monoisotopic (exact) mass is 322 g/mol. The van der Waals surface area contributed by atoms with E-state index in [-0.39, 0.29) is 23.7 Å². The van der Waals surface area contributed by atoms with E-state index in [0.29, 0.717) is 19.6 Å². The molecule has 0 aromatic heterocycles. The second kappa shape index (κ2) is 6.09. The number of benzene rings is 1. The van der Waals surface area contributed by atoms with E-state index >= 15 is 0 Å². The molecule has 0 radical (unpaired) electrons. The summed E-state index contributed by atoms with van der Waals surface area (Å²) in [5.41, 5.74) is 1.37. The van der Waals surface area contributed by atoms with E-state index in [9.17, 15) is 4.79 Å². The highest BCUT2D eigenvalue weighted by molar-refractivity contribution is 6.30. The first-order chi connectivity index (χ1) is 10.5. The summed E-state index contributed by atoms with van der Waals surface area (Å²) in [6.07, 6.45) is 2.43. The molecule has 1 N–H and O–H groups in total. The number of halogens is 1. The molecule has 4 nitrogen and oxygen atoms in total. The van der Waals surface area contributed by atoms with Gasteiger partial charge < -0.3 is 15.0 Å². The predicted octanol–water partition coefficient (Wildman–Crippen LogP) is 3.19. The molecule has 0 spiro atoms. The Labute approximate surface area is 136 Å². The Morgan fingerprint density at radius 1 is 1.27 bits per heavy atom. The number of nitrogens with zero attached hydrogens (tertiary/aromatic N) is 1. The van der Waals surface area contributed by atoms with Crippen molar-refractivity contribution in [3.8, 4) is 0 Å². The minimum absolute atomic E-state index is 0.0160. The van der Waals surface area contributed by atoms with Crippen LogP contribution in [0, 0.1) is 0 Å². The van der Waals surface area contributed by atoms with E-state index in [1.165, 1.54) is 5.56 Å². The highest BCUT2D eigenvalue weighted by Gasteiger charge is 2.44. The minimum atomic E-state index is 0.0160. The first kappa shape index (κ1) is 15.6. The van der Waals surface area contributed by atoms with Gasteiger partial charge in [0.1, 0.15) is 0 Å². The summed E-state index contributed by atoms with van der Waals surface area (Å²) in [6.45, 7) is 6.01. The molecule has 22 heavy (non-hydrogen) atoms. The predicted molar refractivity (Wildman–Crippen MR) is 87.3 cm³/mol. The third-order valence-corrected chi connectivity index (χ3v) is 4.85. The van der Waals surface area contributed by atoms with Crippen LogP contribution < -0.4 is 5.32 Å². The lowest BCUT2D eigenvalue weighted by Gasteiger charge is -2.35. The van der Waals surface area contributed by atoms with Crippen LogP contribution in [0.4, 0.5) is 4.79 Å². The number of hydrogen-bond donors (Lipinski definition) is 1.